The van der Waals surface area contributed by atoms with E-state index in [-0.39, 0.29) is 5.56 Å². The molecule has 2 N–H and O–H groups in total. The highest BCUT2D eigenvalue weighted by molar-refractivity contribution is 5.68. The zero-order valence-corrected chi connectivity index (χ0v) is 16.7. The fraction of sp³-hybridized carbons (Fsp3) is 0.238. The van der Waals surface area contributed by atoms with Crippen LogP contribution in [0.5, 0.6) is 0 Å². The van der Waals surface area contributed by atoms with E-state index in [0.717, 1.165) is 23.4 Å². The third-order valence-electron chi connectivity index (χ3n) is 4.70. The number of pyridine rings is 1. The van der Waals surface area contributed by atoms with Crippen LogP contribution in [0.3, 0.4) is 0 Å². The van der Waals surface area contributed by atoms with E-state index in [4.69, 9.17) is 5.26 Å². The van der Waals surface area contributed by atoms with Crippen molar-refractivity contribution in [1.29, 1.82) is 5.26 Å². The molecule has 0 aliphatic carbocycles. The van der Waals surface area contributed by atoms with Crippen molar-refractivity contribution in [2.45, 2.75) is 20.0 Å². The van der Waals surface area contributed by atoms with Crippen LogP contribution in [0.15, 0.2) is 36.5 Å². The second-order valence-electron chi connectivity index (χ2n) is 6.74. The van der Waals surface area contributed by atoms with E-state index in [1.165, 1.54) is 18.2 Å². The summed E-state index contributed by atoms with van der Waals surface area (Å²) in [5, 5.41) is 23.4. The lowest BCUT2D eigenvalue weighted by Crippen LogP contribution is -2.16. The smallest absolute Gasteiger partial charge is 0.368 e. The summed E-state index contributed by atoms with van der Waals surface area (Å²) in [5.41, 5.74) is 1.92. The highest BCUT2D eigenvalue weighted by atomic mass is 19.4. The quantitative estimate of drug-likeness (QED) is 0.435. The van der Waals surface area contributed by atoms with Crippen LogP contribution in [-0.2, 0) is 6.18 Å². The van der Waals surface area contributed by atoms with Crippen LogP contribution in [0.25, 0.3) is 11.3 Å². The normalized spacial score (nSPS) is 11.1. The molecule has 10 heteroatoms. The minimum atomic E-state index is -4.42. The lowest BCUT2D eigenvalue weighted by Gasteiger charge is -2.14. The summed E-state index contributed by atoms with van der Waals surface area (Å²) in [6, 6.07) is 8.23. The van der Waals surface area contributed by atoms with Crippen LogP contribution in [0.1, 0.15) is 22.3 Å². The average Bonchev–Trinajstić information content (AvgIpc) is 2.74. The molecule has 160 valence electrons. The number of aromatic nitrogens is 3. The van der Waals surface area contributed by atoms with Gasteiger partial charge in [-0.3, -0.25) is 0 Å². The van der Waals surface area contributed by atoms with Gasteiger partial charge in [0.15, 0.2) is 5.82 Å². The van der Waals surface area contributed by atoms with Gasteiger partial charge in [0, 0.05) is 24.8 Å². The molecule has 3 rings (SSSR count). The minimum Gasteiger partial charge on any atom is -0.368 e. The Morgan fingerprint density at radius 1 is 1.00 bits per heavy atom. The van der Waals surface area contributed by atoms with Gasteiger partial charge in [0.25, 0.3) is 0 Å². The van der Waals surface area contributed by atoms with Crippen LogP contribution in [-0.4, -0.2) is 28.3 Å². The molecule has 0 aliphatic heterocycles. The Hall–Kier alpha value is -3.74. The van der Waals surface area contributed by atoms with Gasteiger partial charge < -0.3 is 10.6 Å². The molecule has 0 unspecified atom stereocenters. The molecule has 3 aromatic rings. The fourth-order valence-corrected chi connectivity index (χ4v) is 2.84. The highest BCUT2D eigenvalue weighted by Crippen LogP contribution is 2.29. The van der Waals surface area contributed by atoms with Crippen molar-refractivity contribution in [3.05, 3.63) is 64.6 Å². The maximum absolute atomic E-state index is 13.6. The molecule has 31 heavy (non-hydrogen) atoms. The van der Waals surface area contributed by atoms with E-state index in [2.05, 4.69) is 25.8 Å². The second-order valence-corrected chi connectivity index (χ2v) is 6.74. The van der Waals surface area contributed by atoms with Gasteiger partial charge in [-0.15, -0.1) is 10.2 Å². The van der Waals surface area contributed by atoms with Crippen LogP contribution in [0, 0.1) is 31.0 Å². The number of rotatable bonds is 6. The van der Waals surface area contributed by atoms with Crippen LogP contribution in [0.4, 0.5) is 29.2 Å². The summed E-state index contributed by atoms with van der Waals surface area (Å²) >= 11 is 0. The number of hydrogen-bond donors (Lipinski definition) is 2. The Balaban J connectivity index is 1.63. The van der Waals surface area contributed by atoms with E-state index in [1.54, 1.807) is 12.1 Å². The Kier molecular flexibility index (Phi) is 6.34. The van der Waals surface area contributed by atoms with Crippen molar-refractivity contribution in [3.8, 4) is 17.3 Å². The molecule has 0 atom stereocenters. The highest BCUT2D eigenvalue weighted by Gasteiger charge is 2.30. The maximum atomic E-state index is 13.6. The number of anilines is 2. The van der Waals surface area contributed by atoms with Gasteiger partial charge in [0.05, 0.1) is 16.8 Å². The van der Waals surface area contributed by atoms with Crippen LogP contribution < -0.4 is 10.6 Å². The van der Waals surface area contributed by atoms with Crippen molar-refractivity contribution < 1.29 is 17.6 Å². The number of nitrogens with zero attached hydrogens (tertiary/aromatic N) is 4. The predicted molar refractivity (Wildman–Crippen MR) is 108 cm³/mol. The van der Waals surface area contributed by atoms with E-state index in [9.17, 15) is 17.6 Å². The average molecular weight is 430 g/mol. The van der Waals surface area contributed by atoms with Crippen molar-refractivity contribution in [1.82, 2.24) is 15.2 Å². The standard InChI is InChI=1S/C21H18F4N6/c1-12-13(2)20(31-30-19(12)14-3-5-17(22)15(9-14)10-26)28-8-7-27-18-6-4-16(11-29-18)21(23,24)25/h3-6,9,11H,7-8H2,1-2H3,(H,27,29)(H,28,31). The fourth-order valence-electron chi connectivity index (χ4n) is 2.84. The molecule has 0 bridgehead atoms. The predicted octanol–water partition coefficient (Wildman–Crippen LogP) is 4.71. The van der Waals surface area contributed by atoms with Gasteiger partial charge in [-0.2, -0.15) is 18.4 Å². The largest absolute Gasteiger partial charge is 0.417 e. The van der Waals surface area contributed by atoms with Gasteiger partial charge >= 0.3 is 6.18 Å². The molecular formula is C21H18F4N6. The molecular weight excluding hydrogens is 412 g/mol. The molecule has 2 aromatic heterocycles. The molecule has 0 spiro atoms. The van der Waals surface area contributed by atoms with E-state index in [1.807, 2.05) is 13.8 Å². The number of nitrogens with one attached hydrogen (secondary N) is 2. The van der Waals surface area contributed by atoms with Crippen LogP contribution in [0.2, 0.25) is 0 Å². The summed E-state index contributed by atoms with van der Waals surface area (Å²) < 4.78 is 51.3. The van der Waals surface area contributed by atoms with E-state index >= 15 is 0 Å². The van der Waals surface area contributed by atoms with E-state index in [0.29, 0.717) is 36.0 Å². The first-order valence-electron chi connectivity index (χ1n) is 9.25. The number of benzene rings is 1. The number of halogens is 4. The van der Waals surface area contributed by atoms with Crippen LogP contribution >= 0.6 is 0 Å². The number of alkyl halides is 3. The first-order chi connectivity index (χ1) is 14.7. The zero-order chi connectivity index (χ0) is 22.6. The monoisotopic (exact) mass is 430 g/mol. The Morgan fingerprint density at radius 3 is 2.39 bits per heavy atom. The molecule has 0 amide bonds. The van der Waals surface area contributed by atoms with Gasteiger partial charge in [0.2, 0.25) is 0 Å². The Labute approximate surface area is 176 Å². The minimum absolute atomic E-state index is 0.0681. The lowest BCUT2D eigenvalue weighted by molar-refractivity contribution is -0.137. The third-order valence-corrected chi connectivity index (χ3v) is 4.70. The first-order valence-corrected chi connectivity index (χ1v) is 9.25. The van der Waals surface area contributed by atoms with Gasteiger partial charge in [-0.05, 0) is 55.3 Å². The van der Waals surface area contributed by atoms with Gasteiger partial charge in [0.1, 0.15) is 17.7 Å². The Bertz CT molecular complexity index is 1120. The van der Waals surface area contributed by atoms with E-state index < -0.39 is 17.6 Å². The second kappa shape index (κ2) is 8.95. The zero-order valence-electron chi connectivity index (χ0n) is 16.7. The summed E-state index contributed by atoms with van der Waals surface area (Å²) in [6.45, 7) is 4.52. The summed E-state index contributed by atoms with van der Waals surface area (Å²) in [5.74, 6) is 0.279. The SMILES string of the molecule is Cc1c(NCCNc2ccc(C(F)(F)F)cn2)nnc(-c2ccc(F)c(C#N)c2)c1C. The summed E-state index contributed by atoms with van der Waals surface area (Å²) in [7, 11) is 0. The molecule has 1 aromatic carbocycles. The molecule has 0 saturated carbocycles. The van der Waals surface area contributed by atoms with Crippen molar-refractivity contribution in [2.75, 3.05) is 23.7 Å². The maximum Gasteiger partial charge on any atom is 0.417 e. The van der Waals surface area contributed by atoms with Crippen molar-refractivity contribution in [3.63, 3.8) is 0 Å². The Morgan fingerprint density at radius 2 is 1.74 bits per heavy atom. The van der Waals surface area contributed by atoms with Crippen molar-refractivity contribution in [2.24, 2.45) is 0 Å². The third kappa shape index (κ3) is 5.06. The lowest BCUT2D eigenvalue weighted by atomic mass is 10.0. The first kappa shape index (κ1) is 22.0. The molecule has 2 heterocycles. The van der Waals surface area contributed by atoms with Gasteiger partial charge in [-0.1, -0.05) is 0 Å². The molecule has 0 saturated heterocycles. The molecule has 0 aliphatic rings. The summed E-state index contributed by atoms with van der Waals surface area (Å²) in [6.07, 6.45) is -3.64. The molecule has 0 radical (unpaired) electrons. The molecule has 0 fully saturated rings. The number of nitriles is 1. The topological polar surface area (TPSA) is 86.5 Å². The molecule has 6 nitrogen and oxygen atoms in total. The summed E-state index contributed by atoms with van der Waals surface area (Å²) in [4.78, 5) is 3.75. The number of hydrogen-bond acceptors (Lipinski definition) is 6. The van der Waals surface area contributed by atoms with Crippen molar-refractivity contribution >= 4 is 11.6 Å². The van der Waals surface area contributed by atoms with Gasteiger partial charge in [-0.25, -0.2) is 9.37 Å².